The summed E-state index contributed by atoms with van der Waals surface area (Å²) in [5, 5.41) is 31.4. The van der Waals surface area contributed by atoms with Gasteiger partial charge < -0.3 is 69.2 Å². The van der Waals surface area contributed by atoms with Crippen molar-refractivity contribution in [1.82, 2.24) is 5.32 Å². The van der Waals surface area contributed by atoms with E-state index in [0.29, 0.717) is 32.4 Å². The molecule has 7 N–H and O–H groups in total. The van der Waals surface area contributed by atoms with Crippen LogP contribution >= 0.6 is 7.82 Å². The van der Waals surface area contributed by atoms with Crippen LogP contribution in [0.5, 0.6) is 5.75 Å². The van der Waals surface area contributed by atoms with Gasteiger partial charge in [-0.2, -0.15) is 8.78 Å². The number of carbonyl (C=O) groups excluding carboxylic acids is 4. The Morgan fingerprint density at radius 1 is 0.685 bits per heavy atom. The predicted molar refractivity (Wildman–Crippen MR) is 247 cm³/mol. The third-order valence-corrected chi connectivity index (χ3v) is 12.4. The third-order valence-electron chi connectivity index (χ3n) is 11.4. The average Bonchev–Trinajstić information content (AvgIpc) is 3.35. The minimum absolute atomic E-state index is 0.0418. The van der Waals surface area contributed by atoms with Crippen LogP contribution in [0.3, 0.4) is 0 Å². The van der Waals surface area contributed by atoms with Gasteiger partial charge in [0.1, 0.15) is 37.8 Å². The number of hydrogen-bond donors (Lipinski definition) is 6. The van der Waals surface area contributed by atoms with Crippen molar-refractivity contribution in [3.8, 4) is 5.75 Å². The maximum absolute atomic E-state index is 13.6. The first-order chi connectivity index (χ1) is 34.5. The molecule has 5 unspecified atom stereocenters. The first kappa shape index (κ1) is 67.5. The highest BCUT2D eigenvalue weighted by Crippen LogP contribution is 2.42. The van der Waals surface area contributed by atoms with Crippen molar-refractivity contribution in [2.45, 2.75) is 155 Å². The zero-order chi connectivity index (χ0) is 55.3. The van der Waals surface area contributed by atoms with Gasteiger partial charge in [0.25, 0.3) is 0 Å². The lowest BCUT2D eigenvalue weighted by Gasteiger charge is -2.43. The van der Waals surface area contributed by atoms with Crippen molar-refractivity contribution in [2.75, 3.05) is 60.5 Å². The highest BCUT2D eigenvalue weighted by molar-refractivity contribution is 7.47. The number of phosphoric acid groups is 1. The van der Waals surface area contributed by atoms with E-state index in [1.54, 1.807) is 6.92 Å². The van der Waals surface area contributed by atoms with Gasteiger partial charge in [-0.3, -0.25) is 28.2 Å². The number of benzene rings is 1. The summed E-state index contributed by atoms with van der Waals surface area (Å²) in [7, 11) is -1.09. The van der Waals surface area contributed by atoms with Crippen LogP contribution in [0.25, 0.3) is 0 Å². The number of esters is 3. The molecule has 73 heavy (non-hydrogen) atoms. The fourth-order valence-electron chi connectivity index (χ4n) is 6.99. The van der Waals surface area contributed by atoms with E-state index >= 15 is 0 Å². The molecule has 21 nitrogen and oxygen atoms in total. The Labute approximate surface area is 422 Å². The van der Waals surface area contributed by atoms with Crippen molar-refractivity contribution in [3.63, 3.8) is 0 Å². The van der Waals surface area contributed by atoms with E-state index < -0.39 is 104 Å². The third kappa shape index (κ3) is 25.3. The molecule has 27 heteroatoms. The molecule has 0 radical (unpaired) electrons. The molecule has 2 aliphatic rings. The molecule has 424 valence electrons. The first-order valence-corrected chi connectivity index (χ1v) is 25.5. The van der Waals surface area contributed by atoms with E-state index in [1.165, 1.54) is 21.0 Å². The molecule has 1 amide bonds. The number of aliphatic hydroxyl groups excluding tert-OH is 3. The standard InChI is InChI=1S/C24H29F5O8.C15H29NO7.C7H18NO4P/c1-11-12(2)24(36-15(10-34-13(3)30)22(11)35-14(4)31)33-9-7-5-6-8-16(32)37-23-20(28)18(26)17(25)19(27)21(23)29;1-10-13(19)14(20)11(8-17)23-15(10)22-7-5-3-4-6-12(18)16-9-21-2;1-11-13(9,10)12-7-5-3-2-4-6-8/h11-12,15,22,24H,5-10H2,1-4H3;10-11,13-15,17,19-20H,3-9H2,1-2H3,(H,16,18);2-8H2,1H3,(H,9,10)/t11-,12?,15?,22-,24-;10?,11?,13-,14+,15-;/m11./s1. The van der Waals surface area contributed by atoms with Gasteiger partial charge in [0.2, 0.25) is 40.7 Å². The molecule has 2 heterocycles. The smallest absolute Gasteiger partial charge is 0.463 e. The molecule has 0 aliphatic carbocycles. The number of halogens is 5. The summed E-state index contributed by atoms with van der Waals surface area (Å²) < 4.78 is 129. The summed E-state index contributed by atoms with van der Waals surface area (Å²) in [6, 6.07) is 0. The Kier molecular flexibility index (Phi) is 33.7. The van der Waals surface area contributed by atoms with Crippen LogP contribution in [-0.4, -0.2) is 148 Å². The Hall–Kier alpha value is -3.50. The summed E-state index contributed by atoms with van der Waals surface area (Å²) in [5.74, 6) is -15.8. The normalized spacial score (nSPS) is 24.5. The highest BCUT2D eigenvalue weighted by Gasteiger charge is 2.45. The quantitative estimate of drug-likeness (QED) is 0.00901. The topological polar surface area (TPSA) is 297 Å². The van der Waals surface area contributed by atoms with Gasteiger partial charge >= 0.3 is 25.7 Å². The number of phosphoric ester groups is 1. The molecular formula is C46H76F5N2O19P. The van der Waals surface area contributed by atoms with Gasteiger partial charge in [-0.05, 0) is 45.1 Å². The number of ether oxygens (including phenoxy) is 8. The number of rotatable bonds is 29. The van der Waals surface area contributed by atoms with E-state index in [0.717, 1.165) is 52.1 Å². The van der Waals surface area contributed by atoms with Gasteiger partial charge in [-0.15, -0.1) is 0 Å². The second kappa shape index (κ2) is 36.5. The van der Waals surface area contributed by atoms with Crippen LogP contribution in [0, 0.1) is 46.8 Å². The minimum Gasteiger partial charge on any atom is -0.463 e. The van der Waals surface area contributed by atoms with Crippen molar-refractivity contribution in [1.29, 1.82) is 0 Å². The number of unbranched alkanes of at least 4 members (excludes halogenated alkanes) is 7. The molecule has 1 aromatic rings. The van der Waals surface area contributed by atoms with Crippen LogP contribution in [0.15, 0.2) is 0 Å². The van der Waals surface area contributed by atoms with Crippen molar-refractivity contribution in [2.24, 2.45) is 23.5 Å². The van der Waals surface area contributed by atoms with E-state index in [9.17, 15) is 55.9 Å². The fraction of sp³-hybridized carbons (Fsp3) is 0.783. The van der Waals surface area contributed by atoms with Gasteiger partial charge in [0.15, 0.2) is 12.6 Å². The Morgan fingerprint density at radius 2 is 1.21 bits per heavy atom. The fourth-order valence-corrected chi connectivity index (χ4v) is 7.46. The highest BCUT2D eigenvalue weighted by atomic mass is 31.2. The lowest BCUT2D eigenvalue weighted by molar-refractivity contribution is -0.282. The predicted octanol–water partition coefficient (Wildman–Crippen LogP) is 4.98. The van der Waals surface area contributed by atoms with Gasteiger partial charge in [0.05, 0.1) is 19.3 Å². The zero-order valence-electron chi connectivity index (χ0n) is 42.5. The van der Waals surface area contributed by atoms with Gasteiger partial charge in [0, 0.05) is 71.9 Å². The lowest BCUT2D eigenvalue weighted by Crippen LogP contribution is -2.55. The van der Waals surface area contributed by atoms with Gasteiger partial charge in [-0.25, -0.2) is 17.7 Å². The number of methoxy groups -OCH3 is 1. The van der Waals surface area contributed by atoms with E-state index in [4.69, 9.17) is 48.9 Å². The summed E-state index contributed by atoms with van der Waals surface area (Å²) in [6.07, 6.45) is 1.56. The second-order valence-corrected chi connectivity index (χ2v) is 18.7. The summed E-state index contributed by atoms with van der Waals surface area (Å²) >= 11 is 0. The van der Waals surface area contributed by atoms with E-state index in [1.807, 2.05) is 13.8 Å². The second-order valence-electron chi connectivity index (χ2n) is 17.2. The van der Waals surface area contributed by atoms with Crippen molar-refractivity contribution >= 4 is 31.6 Å². The SMILES string of the molecule is CC(=O)OCC1O[C@@H](OCCCCCC(=O)Oc2c(F)c(F)c(F)c(F)c2F)C(C)[C@@H](C)[C@H]1OC(C)=O.COCNC(=O)CCCCCO[C@@H]1OC(CO)[C@H](O)[C@H](O)C1C.COP(=O)(O)OCCCCCCN. The molecule has 0 aromatic heterocycles. The van der Waals surface area contributed by atoms with Crippen molar-refractivity contribution in [3.05, 3.63) is 29.1 Å². The monoisotopic (exact) mass is 1090 g/mol. The molecule has 0 spiro atoms. The van der Waals surface area contributed by atoms with Crippen LogP contribution < -0.4 is 15.8 Å². The van der Waals surface area contributed by atoms with Crippen LogP contribution in [0.1, 0.15) is 112 Å². The van der Waals surface area contributed by atoms with Crippen LogP contribution in [0.2, 0.25) is 0 Å². The molecule has 0 bridgehead atoms. The number of hydrogen-bond acceptors (Lipinski definition) is 19. The molecule has 3 rings (SSSR count). The van der Waals surface area contributed by atoms with Gasteiger partial charge in [-0.1, -0.05) is 46.5 Å². The molecule has 2 fully saturated rings. The number of nitrogens with one attached hydrogen (secondary N) is 1. The van der Waals surface area contributed by atoms with Crippen LogP contribution in [0.4, 0.5) is 22.0 Å². The maximum atomic E-state index is 13.6. The number of nitrogens with two attached hydrogens (primary N) is 1. The summed E-state index contributed by atoms with van der Waals surface area (Å²) in [6.45, 7) is 9.23. The summed E-state index contributed by atoms with van der Waals surface area (Å²) in [5.41, 5.74) is 5.30. The molecule has 2 saturated heterocycles. The Morgan fingerprint density at radius 3 is 1.74 bits per heavy atom. The molecular weight excluding hydrogens is 1010 g/mol. The number of carbonyl (C=O) groups is 4. The summed E-state index contributed by atoms with van der Waals surface area (Å²) in [4.78, 5) is 54.7. The average molecular weight is 1090 g/mol. The van der Waals surface area contributed by atoms with Crippen LogP contribution in [-0.2, 0) is 65.9 Å². The first-order valence-electron chi connectivity index (χ1n) is 24.0. The molecule has 2 aliphatic heterocycles. The minimum atomic E-state index is -3.75. The van der Waals surface area contributed by atoms with E-state index in [2.05, 4.69) is 19.1 Å². The largest absolute Gasteiger partial charge is 0.471 e. The molecule has 11 atom stereocenters. The molecule has 0 saturated carbocycles. The number of aliphatic hydroxyl groups is 3. The van der Waals surface area contributed by atoms with E-state index in [-0.39, 0.29) is 69.7 Å². The number of amides is 1. The Balaban J connectivity index is 0.000000626. The van der Waals surface area contributed by atoms with Crippen molar-refractivity contribution < 1.29 is 113 Å². The zero-order valence-corrected chi connectivity index (χ0v) is 43.4. The Bertz CT molecular complexity index is 1810. The lowest BCUT2D eigenvalue weighted by atomic mass is 9.84. The molecule has 1 aromatic carbocycles. The maximum Gasteiger partial charge on any atom is 0.471 e.